The molecule has 28 heavy (non-hydrogen) atoms. The van der Waals surface area contributed by atoms with E-state index < -0.39 is 11.5 Å². The molecule has 140 valence electrons. The Labute approximate surface area is 164 Å². The lowest BCUT2D eigenvalue weighted by Gasteiger charge is -2.04. The highest BCUT2D eigenvalue weighted by Gasteiger charge is 2.16. The van der Waals surface area contributed by atoms with Crippen LogP contribution in [0.4, 0.5) is 5.13 Å². The molecule has 2 heterocycles. The molecule has 0 radical (unpaired) electrons. The van der Waals surface area contributed by atoms with Crippen molar-refractivity contribution in [1.82, 2.24) is 4.98 Å². The monoisotopic (exact) mass is 392 g/mol. The number of amides is 1. The van der Waals surface area contributed by atoms with Gasteiger partial charge >= 0.3 is 5.63 Å². The molecular weight excluding hydrogens is 376 g/mol. The van der Waals surface area contributed by atoms with E-state index in [4.69, 9.17) is 9.15 Å². The first-order chi connectivity index (χ1) is 13.5. The van der Waals surface area contributed by atoms with Crippen molar-refractivity contribution in [3.63, 3.8) is 0 Å². The first-order valence-corrected chi connectivity index (χ1v) is 9.37. The number of rotatable bonds is 4. The van der Waals surface area contributed by atoms with Crippen LogP contribution in [0.2, 0.25) is 0 Å². The summed E-state index contributed by atoms with van der Waals surface area (Å²) >= 11 is 1.29. The topological polar surface area (TPSA) is 81.4 Å². The molecule has 4 aromatic rings. The third kappa shape index (κ3) is 3.52. The fourth-order valence-electron chi connectivity index (χ4n) is 2.74. The lowest BCUT2D eigenvalue weighted by atomic mass is 10.1. The number of aromatic nitrogens is 1. The number of nitrogens with zero attached hydrogens (tertiary/aromatic N) is 1. The van der Waals surface area contributed by atoms with Gasteiger partial charge in [0.15, 0.2) is 5.13 Å². The average Bonchev–Trinajstić information content (AvgIpc) is 3.16. The quantitative estimate of drug-likeness (QED) is 0.518. The maximum absolute atomic E-state index is 12.6. The van der Waals surface area contributed by atoms with Crippen LogP contribution < -0.4 is 15.7 Å². The van der Waals surface area contributed by atoms with Crippen LogP contribution in [0.3, 0.4) is 0 Å². The van der Waals surface area contributed by atoms with Crippen LogP contribution in [-0.2, 0) is 0 Å². The van der Waals surface area contributed by atoms with E-state index in [1.54, 1.807) is 25.3 Å². The number of benzene rings is 2. The standard InChI is InChI=1S/C21H16N2O4S/c1-12-3-5-13(6-4-12)17-11-28-21(22-17)23-19(24)16-10-14-9-15(26-2)7-8-18(14)27-20(16)25/h3-11H,1-2H3,(H,22,23,24). The van der Waals surface area contributed by atoms with Crippen molar-refractivity contribution in [3.05, 3.63) is 75.5 Å². The summed E-state index contributed by atoms with van der Waals surface area (Å²) in [6, 6.07) is 14.5. The van der Waals surface area contributed by atoms with Gasteiger partial charge in [-0.15, -0.1) is 11.3 Å². The number of carbonyl (C=O) groups is 1. The van der Waals surface area contributed by atoms with Crippen molar-refractivity contribution < 1.29 is 13.9 Å². The number of hydrogen-bond donors (Lipinski definition) is 1. The lowest BCUT2D eigenvalue weighted by Crippen LogP contribution is -2.20. The van der Waals surface area contributed by atoms with Crippen LogP contribution >= 0.6 is 11.3 Å². The van der Waals surface area contributed by atoms with Crippen LogP contribution in [0.15, 0.2) is 63.1 Å². The molecule has 0 aliphatic heterocycles. The summed E-state index contributed by atoms with van der Waals surface area (Å²) in [4.78, 5) is 29.2. The third-order valence-electron chi connectivity index (χ3n) is 4.26. The van der Waals surface area contributed by atoms with Crippen molar-refractivity contribution in [2.45, 2.75) is 6.92 Å². The predicted molar refractivity (Wildman–Crippen MR) is 109 cm³/mol. The zero-order chi connectivity index (χ0) is 19.7. The van der Waals surface area contributed by atoms with Crippen molar-refractivity contribution >= 4 is 33.3 Å². The fraction of sp³-hybridized carbons (Fsp3) is 0.0952. The Balaban J connectivity index is 1.61. The summed E-state index contributed by atoms with van der Waals surface area (Å²) in [5.41, 5.74) is 2.47. The molecule has 4 rings (SSSR count). The molecule has 0 spiro atoms. The minimum Gasteiger partial charge on any atom is -0.497 e. The van der Waals surface area contributed by atoms with Gasteiger partial charge in [-0.2, -0.15) is 0 Å². The Morgan fingerprint density at radius 2 is 1.93 bits per heavy atom. The molecule has 0 aliphatic carbocycles. The molecule has 0 unspecified atom stereocenters. The summed E-state index contributed by atoms with van der Waals surface area (Å²) in [5, 5.41) is 5.53. The van der Waals surface area contributed by atoms with Gasteiger partial charge in [0.1, 0.15) is 16.9 Å². The zero-order valence-corrected chi connectivity index (χ0v) is 16.0. The van der Waals surface area contributed by atoms with Crippen LogP contribution in [-0.4, -0.2) is 18.0 Å². The number of ether oxygens (including phenoxy) is 1. The molecular formula is C21H16N2O4S. The van der Waals surface area contributed by atoms with Gasteiger partial charge in [0.2, 0.25) is 0 Å². The highest BCUT2D eigenvalue weighted by molar-refractivity contribution is 7.14. The normalized spacial score (nSPS) is 10.8. The van der Waals surface area contributed by atoms with E-state index in [0.29, 0.717) is 21.9 Å². The second-order valence-electron chi connectivity index (χ2n) is 6.21. The van der Waals surface area contributed by atoms with Gasteiger partial charge in [-0.05, 0) is 31.2 Å². The molecule has 0 fully saturated rings. The SMILES string of the molecule is COc1ccc2oc(=O)c(C(=O)Nc3nc(-c4ccc(C)cc4)cs3)cc2c1. The molecule has 1 amide bonds. The van der Waals surface area contributed by atoms with Crippen molar-refractivity contribution in [3.8, 4) is 17.0 Å². The lowest BCUT2D eigenvalue weighted by molar-refractivity contribution is 0.102. The van der Waals surface area contributed by atoms with Crippen molar-refractivity contribution in [2.24, 2.45) is 0 Å². The molecule has 6 nitrogen and oxygen atoms in total. The van der Waals surface area contributed by atoms with E-state index in [-0.39, 0.29) is 5.56 Å². The van der Waals surface area contributed by atoms with Crippen LogP contribution in [0.25, 0.3) is 22.2 Å². The van der Waals surface area contributed by atoms with Crippen molar-refractivity contribution in [2.75, 3.05) is 12.4 Å². The smallest absolute Gasteiger partial charge is 0.349 e. The van der Waals surface area contributed by atoms with Crippen LogP contribution in [0.5, 0.6) is 5.75 Å². The van der Waals surface area contributed by atoms with E-state index in [2.05, 4.69) is 10.3 Å². The molecule has 1 N–H and O–H groups in total. The molecule has 2 aromatic heterocycles. The summed E-state index contributed by atoms with van der Waals surface area (Å²) in [6.45, 7) is 2.02. The number of thiazole rings is 1. The fourth-order valence-corrected chi connectivity index (χ4v) is 3.45. The van der Waals surface area contributed by atoms with Gasteiger partial charge in [0.25, 0.3) is 5.91 Å². The van der Waals surface area contributed by atoms with Gasteiger partial charge in [0, 0.05) is 16.3 Å². The summed E-state index contributed by atoms with van der Waals surface area (Å²) in [5.74, 6) is 0.0404. The minimum absolute atomic E-state index is 0.0900. The average molecular weight is 392 g/mol. The van der Waals surface area contributed by atoms with Gasteiger partial charge < -0.3 is 9.15 Å². The molecule has 0 saturated carbocycles. The molecule has 0 saturated heterocycles. The third-order valence-corrected chi connectivity index (χ3v) is 5.01. The van der Waals surface area contributed by atoms with E-state index in [1.807, 2.05) is 36.6 Å². The van der Waals surface area contributed by atoms with Crippen molar-refractivity contribution in [1.29, 1.82) is 0 Å². The molecule has 0 atom stereocenters. The van der Waals surface area contributed by atoms with E-state index >= 15 is 0 Å². The Hall–Kier alpha value is -3.45. The number of fused-ring (bicyclic) bond motifs is 1. The van der Waals surface area contributed by atoms with E-state index in [0.717, 1.165) is 16.8 Å². The number of methoxy groups -OCH3 is 1. The Morgan fingerprint density at radius 1 is 1.14 bits per heavy atom. The number of aryl methyl sites for hydroxylation is 1. The van der Waals surface area contributed by atoms with Gasteiger partial charge in [-0.3, -0.25) is 10.1 Å². The second kappa shape index (κ2) is 7.28. The second-order valence-corrected chi connectivity index (χ2v) is 7.07. The summed E-state index contributed by atoms with van der Waals surface area (Å²) in [6.07, 6.45) is 0. The minimum atomic E-state index is -0.703. The molecule has 2 aromatic carbocycles. The highest BCUT2D eigenvalue weighted by atomic mass is 32.1. The van der Waals surface area contributed by atoms with E-state index in [9.17, 15) is 9.59 Å². The maximum atomic E-state index is 12.6. The largest absolute Gasteiger partial charge is 0.497 e. The van der Waals surface area contributed by atoms with Gasteiger partial charge in [-0.1, -0.05) is 29.8 Å². The molecule has 7 heteroatoms. The highest BCUT2D eigenvalue weighted by Crippen LogP contribution is 2.26. The Bertz CT molecular complexity index is 1230. The van der Waals surface area contributed by atoms with Gasteiger partial charge in [0.05, 0.1) is 12.8 Å². The number of hydrogen-bond acceptors (Lipinski definition) is 6. The number of nitrogens with one attached hydrogen (secondary N) is 1. The van der Waals surface area contributed by atoms with Crippen LogP contribution in [0.1, 0.15) is 15.9 Å². The number of anilines is 1. The predicted octanol–water partition coefficient (Wildman–Crippen LogP) is 4.49. The van der Waals surface area contributed by atoms with Crippen LogP contribution in [0, 0.1) is 6.92 Å². The summed E-state index contributed by atoms with van der Waals surface area (Å²) < 4.78 is 10.4. The molecule has 0 aliphatic rings. The first-order valence-electron chi connectivity index (χ1n) is 8.49. The molecule has 0 bridgehead atoms. The summed E-state index contributed by atoms with van der Waals surface area (Å²) in [7, 11) is 1.54. The zero-order valence-electron chi connectivity index (χ0n) is 15.2. The maximum Gasteiger partial charge on any atom is 0.349 e. The van der Waals surface area contributed by atoms with E-state index in [1.165, 1.54) is 17.4 Å². The number of carbonyl (C=O) groups excluding carboxylic acids is 1. The first kappa shape index (κ1) is 17.9. The Morgan fingerprint density at radius 3 is 2.68 bits per heavy atom. The Kier molecular flexibility index (Phi) is 4.67. The van der Waals surface area contributed by atoms with Gasteiger partial charge in [-0.25, -0.2) is 9.78 Å².